The molecular weight excluding hydrogens is 295 g/mol. The molecule has 8 heteroatoms. The van der Waals surface area contributed by atoms with Gasteiger partial charge in [-0.1, -0.05) is 13.0 Å². The van der Waals surface area contributed by atoms with Gasteiger partial charge in [0.25, 0.3) is 0 Å². The topological polar surface area (TPSA) is 66.4 Å². The molecule has 1 aromatic rings. The summed E-state index contributed by atoms with van der Waals surface area (Å²) in [5.41, 5.74) is -1.02. The predicted octanol–water partition coefficient (Wildman–Crippen LogP) is 2.14. The Morgan fingerprint density at radius 2 is 2.00 bits per heavy atom. The van der Waals surface area contributed by atoms with Gasteiger partial charge in [-0.25, -0.2) is 13.1 Å². The number of aliphatic hydroxyl groups excluding tert-OH is 1. The molecule has 1 aromatic carbocycles. The van der Waals surface area contributed by atoms with Crippen molar-refractivity contribution in [3.05, 3.63) is 29.8 Å². The van der Waals surface area contributed by atoms with Gasteiger partial charge in [0.1, 0.15) is 0 Å². The standard InChI is InChI=1S/C12H16F3NO3S/c1-2-10(6-7-17)16-20(18,19)11-5-3-4-9(8-11)12(13,14)15/h3-5,8,10,16-17H,2,6-7H2,1H3. The van der Waals surface area contributed by atoms with Gasteiger partial charge in [-0.15, -0.1) is 0 Å². The van der Waals surface area contributed by atoms with Gasteiger partial charge in [0.05, 0.1) is 10.5 Å². The van der Waals surface area contributed by atoms with E-state index in [1.807, 2.05) is 0 Å². The molecule has 1 rings (SSSR count). The first-order chi connectivity index (χ1) is 9.20. The Morgan fingerprint density at radius 1 is 1.35 bits per heavy atom. The summed E-state index contributed by atoms with van der Waals surface area (Å²) in [4.78, 5) is -0.441. The minimum atomic E-state index is -4.60. The normalized spacial score (nSPS) is 14.2. The molecule has 0 saturated carbocycles. The fourth-order valence-corrected chi connectivity index (χ4v) is 3.03. The first-order valence-electron chi connectivity index (χ1n) is 6.01. The van der Waals surface area contributed by atoms with E-state index in [-0.39, 0.29) is 13.0 Å². The molecule has 0 heterocycles. The highest BCUT2D eigenvalue weighted by molar-refractivity contribution is 7.89. The van der Waals surface area contributed by atoms with Gasteiger partial charge < -0.3 is 5.11 Å². The van der Waals surface area contributed by atoms with E-state index in [2.05, 4.69) is 4.72 Å². The molecule has 20 heavy (non-hydrogen) atoms. The van der Waals surface area contributed by atoms with Crippen LogP contribution >= 0.6 is 0 Å². The van der Waals surface area contributed by atoms with Crippen LogP contribution in [-0.2, 0) is 16.2 Å². The molecule has 0 bridgehead atoms. The van der Waals surface area contributed by atoms with E-state index >= 15 is 0 Å². The van der Waals surface area contributed by atoms with Crippen molar-refractivity contribution in [2.45, 2.75) is 36.9 Å². The molecule has 0 aliphatic heterocycles. The third kappa shape index (κ3) is 4.46. The molecule has 114 valence electrons. The van der Waals surface area contributed by atoms with E-state index in [0.717, 1.165) is 18.2 Å². The van der Waals surface area contributed by atoms with Crippen LogP contribution in [0.2, 0.25) is 0 Å². The number of aliphatic hydroxyl groups is 1. The Kier molecular flexibility index (Phi) is 5.55. The SMILES string of the molecule is CCC(CCO)NS(=O)(=O)c1cccc(C(F)(F)F)c1. The van der Waals surface area contributed by atoms with Crippen molar-refractivity contribution in [3.8, 4) is 0 Å². The average molecular weight is 311 g/mol. The summed E-state index contributed by atoms with van der Waals surface area (Å²) in [5.74, 6) is 0. The Morgan fingerprint density at radius 3 is 2.50 bits per heavy atom. The van der Waals surface area contributed by atoms with Crippen LogP contribution in [0.1, 0.15) is 25.3 Å². The Balaban J connectivity index is 3.04. The Labute approximate surface area is 115 Å². The van der Waals surface area contributed by atoms with E-state index in [1.165, 1.54) is 0 Å². The van der Waals surface area contributed by atoms with Crippen LogP contribution in [0.3, 0.4) is 0 Å². The molecule has 0 fully saturated rings. The molecule has 1 unspecified atom stereocenters. The van der Waals surface area contributed by atoms with Gasteiger partial charge in [-0.05, 0) is 31.0 Å². The van der Waals surface area contributed by atoms with Crippen LogP contribution in [-0.4, -0.2) is 26.2 Å². The molecule has 0 aromatic heterocycles. The van der Waals surface area contributed by atoms with E-state index in [0.29, 0.717) is 12.5 Å². The molecular formula is C12H16F3NO3S. The van der Waals surface area contributed by atoms with Crippen molar-refractivity contribution in [2.75, 3.05) is 6.61 Å². The number of hydrogen-bond donors (Lipinski definition) is 2. The number of rotatable bonds is 6. The van der Waals surface area contributed by atoms with Crippen LogP contribution in [0.4, 0.5) is 13.2 Å². The van der Waals surface area contributed by atoms with Crippen molar-refractivity contribution in [2.24, 2.45) is 0 Å². The van der Waals surface area contributed by atoms with Crippen molar-refractivity contribution >= 4 is 10.0 Å². The zero-order valence-electron chi connectivity index (χ0n) is 10.8. The third-order valence-electron chi connectivity index (χ3n) is 2.76. The number of nitrogens with one attached hydrogen (secondary N) is 1. The first kappa shape index (κ1) is 16.9. The maximum atomic E-state index is 12.6. The highest BCUT2D eigenvalue weighted by Gasteiger charge is 2.31. The lowest BCUT2D eigenvalue weighted by Crippen LogP contribution is -2.35. The monoisotopic (exact) mass is 311 g/mol. The highest BCUT2D eigenvalue weighted by atomic mass is 32.2. The van der Waals surface area contributed by atoms with Gasteiger partial charge in [0.15, 0.2) is 0 Å². The van der Waals surface area contributed by atoms with Gasteiger partial charge in [-0.2, -0.15) is 13.2 Å². The summed E-state index contributed by atoms with van der Waals surface area (Å²) in [5, 5.41) is 8.80. The minimum Gasteiger partial charge on any atom is -0.396 e. The summed E-state index contributed by atoms with van der Waals surface area (Å²) in [6, 6.07) is 3.03. The molecule has 0 aliphatic carbocycles. The lowest BCUT2D eigenvalue weighted by molar-refractivity contribution is -0.137. The van der Waals surface area contributed by atoms with Gasteiger partial charge in [0.2, 0.25) is 10.0 Å². The van der Waals surface area contributed by atoms with Crippen LogP contribution < -0.4 is 4.72 Å². The van der Waals surface area contributed by atoms with Crippen molar-refractivity contribution in [3.63, 3.8) is 0 Å². The lowest BCUT2D eigenvalue weighted by atomic mass is 10.2. The molecule has 0 aliphatic rings. The Bertz CT molecular complexity index is 543. The zero-order valence-corrected chi connectivity index (χ0v) is 11.6. The number of sulfonamides is 1. The average Bonchev–Trinajstić information content (AvgIpc) is 2.37. The van der Waals surface area contributed by atoms with Crippen LogP contribution in [0.5, 0.6) is 0 Å². The second-order valence-corrected chi connectivity index (χ2v) is 5.98. The summed E-state index contributed by atoms with van der Waals surface area (Å²) in [6.07, 6.45) is -3.96. The molecule has 0 spiro atoms. The summed E-state index contributed by atoms with van der Waals surface area (Å²) in [6.45, 7) is 1.51. The minimum absolute atomic E-state index is 0.203. The summed E-state index contributed by atoms with van der Waals surface area (Å²) >= 11 is 0. The predicted molar refractivity (Wildman–Crippen MR) is 67.5 cm³/mol. The van der Waals surface area contributed by atoms with Gasteiger partial charge >= 0.3 is 6.18 Å². The van der Waals surface area contributed by atoms with E-state index in [4.69, 9.17) is 5.11 Å². The molecule has 0 amide bonds. The molecule has 4 nitrogen and oxygen atoms in total. The van der Waals surface area contributed by atoms with Gasteiger partial charge in [0, 0.05) is 12.6 Å². The third-order valence-corrected chi connectivity index (χ3v) is 4.28. The maximum Gasteiger partial charge on any atom is 0.416 e. The summed E-state index contributed by atoms with van der Waals surface area (Å²) in [7, 11) is -4.04. The number of benzene rings is 1. The van der Waals surface area contributed by atoms with E-state index in [1.54, 1.807) is 6.92 Å². The molecule has 0 saturated heterocycles. The van der Waals surface area contributed by atoms with Crippen LogP contribution in [0, 0.1) is 0 Å². The van der Waals surface area contributed by atoms with Crippen molar-refractivity contribution in [1.29, 1.82) is 0 Å². The quantitative estimate of drug-likeness (QED) is 0.846. The fraction of sp³-hybridized carbons (Fsp3) is 0.500. The first-order valence-corrected chi connectivity index (χ1v) is 7.49. The van der Waals surface area contributed by atoms with Crippen molar-refractivity contribution in [1.82, 2.24) is 4.72 Å². The molecule has 0 radical (unpaired) electrons. The second-order valence-electron chi connectivity index (χ2n) is 4.26. The van der Waals surface area contributed by atoms with Gasteiger partial charge in [-0.3, -0.25) is 0 Å². The number of hydrogen-bond acceptors (Lipinski definition) is 3. The second kappa shape index (κ2) is 6.55. The van der Waals surface area contributed by atoms with E-state index in [9.17, 15) is 21.6 Å². The molecule has 2 N–H and O–H groups in total. The fourth-order valence-electron chi connectivity index (χ4n) is 1.63. The zero-order chi connectivity index (χ0) is 15.4. The van der Waals surface area contributed by atoms with E-state index < -0.39 is 32.7 Å². The highest BCUT2D eigenvalue weighted by Crippen LogP contribution is 2.30. The number of halogens is 3. The summed E-state index contributed by atoms with van der Waals surface area (Å²) < 4.78 is 63.9. The Hall–Kier alpha value is -1.12. The van der Waals surface area contributed by atoms with Crippen LogP contribution in [0.25, 0.3) is 0 Å². The number of alkyl halides is 3. The smallest absolute Gasteiger partial charge is 0.396 e. The maximum absolute atomic E-state index is 12.6. The largest absolute Gasteiger partial charge is 0.416 e. The van der Waals surface area contributed by atoms with Crippen LogP contribution in [0.15, 0.2) is 29.2 Å². The molecule has 1 atom stereocenters. The van der Waals surface area contributed by atoms with Crippen molar-refractivity contribution < 1.29 is 26.7 Å². The lowest BCUT2D eigenvalue weighted by Gasteiger charge is -2.16.